The highest BCUT2D eigenvalue weighted by Crippen LogP contribution is 2.64. The molecule has 0 saturated carbocycles. The van der Waals surface area contributed by atoms with Crippen molar-refractivity contribution in [3.8, 4) is 67.1 Å². The molecule has 240 valence electrons. The van der Waals surface area contributed by atoms with Gasteiger partial charge < -0.3 is 4.74 Å². The molecule has 0 fully saturated rings. The minimum atomic E-state index is -0.412. The third-order valence-electron chi connectivity index (χ3n) is 11.9. The van der Waals surface area contributed by atoms with Crippen molar-refractivity contribution in [2.24, 2.45) is 0 Å². The van der Waals surface area contributed by atoms with E-state index in [1.807, 2.05) is 6.07 Å². The topological polar surface area (TPSA) is 9.23 Å². The Morgan fingerprint density at radius 1 is 0.308 bits per heavy atom. The SMILES string of the molecule is c1ccc(-c2cccc3c4c(ccc23)C2(c3ccccc3-c3ccccc32)c2ccc(-c3ccc5c6c(cccc36)-c3ccccc3O5)cc2-4)cc1. The number of hydrogen-bond acceptors (Lipinski definition) is 1. The van der Waals surface area contributed by atoms with Gasteiger partial charge in [0.15, 0.2) is 0 Å². The maximum atomic E-state index is 6.49. The van der Waals surface area contributed by atoms with Crippen molar-refractivity contribution in [2.45, 2.75) is 5.41 Å². The van der Waals surface area contributed by atoms with E-state index in [4.69, 9.17) is 4.74 Å². The number of hydrogen-bond donors (Lipinski definition) is 0. The second kappa shape index (κ2) is 10.2. The summed E-state index contributed by atoms with van der Waals surface area (Å²) in [6, 6.07) is 67.2. The Balaban J connectivity index is 1.18. The Morgan fingerprint density at radius 3 is 1.73 bits per heavy atom. The van der Waals surface area contributed by atoms with Crippen LogP contribution in [0, 0.1) is 0 Å². The molecule has 9 aromatic carbocycles. The summed E-state index contributed by atoms with van der Waals surface area (Å²) >= 11 is 0. The molecule has 9 aromatic rings. The highest BCUT2D eigenvalue weighted by molar-refractivity contribution is 6.13. The summed E-state index contributed by atoms with van der Waals surface area (Å²) in [6.07, 6.45) is 0. The first-order chi connectivity index (χ1) is 25.8. The third kappa shape index (κ3) is 3.48. The van der Waals surface area contributed by atoms with E-state index in [0.29, 0.717) is 0 Å². The smallest absolute Gasteiger partial charge is 0.135 e. The van der Waals surface area contributed by atoms with Crippen LogP contribution in [0.25, 0.3) is 77.2 Å². The third-order valence-corrected chi connectivity index (χ3v) is 11.9. The number of para-hydroxylation sites is 1. The van der Waals surface area contributed by atoms with E-state index >= 15 is 0 Å². The van der Waals surface area contributed by atoms with Crippen LogP contribution in [-0.4, -0.2) is 0 Å². The second-order valence-corrected chi connectivity index (χ2v) is 14.3. The van der Waals surface area contributed by atoms with E-state index in [1.165, 1.54) is 93.9 Å². The molecule has 1 spiro atoms. The van der Waals surface area contributed by atoms with Crippen molar-refractivity contribution < 1.29 is 4.74 Å². The summed E-state index contributed by atoms with van der Waals surface area (Å²) < 4.78 is 6.49. The zero-order valence-electron chi connectivity index (χ0n) is 28.2. The first-order valence-corrected chi connectivity index (χ1v) is 18.1. The minimum Gasteiger partial charge on any atom is -0.456 e. The van der Waals surface area contributed by atoms with Crippen molar-refractivity contribution in [3.63, 3.8) is 0 Å². The molecule has 2 aliphatic carbocycles. The van der Waals surface area contributed by atoms with Gasteiger partial charge in [0.1, 0.15) is 11.5 Å². The van der Waals surface area contributed by atoms with Crippen LogP contribution in [0.4, 0.5) is 0 Å². The van der Waals surface area contributed by atoms with E-state index in [1.54, 1.807) is 0 Å². The average molecular weight is 659 g/mol. The molecular weight excluding hydrogens is 629 g/mol. The van der Waals surface area contributed by atoms with E-state index in [-0.39, 0.29) is 0 Å². The quantitative estimate of drug-likeness (QED) is 0.180. The zero-order valence-corrected chi connectivity index (χ0v) is 28.2. The lowest BCUT2D eigenvalue weighted by atomic mass is 9.70. The Labute approximate surface area is 302 Å². The number of benzene rings is 9. The molecule has 0 bridgehead atoms. The van der Waals surface area contributed by atoms with Crippen LogP contribution >= 0.6 is 0 Å². The molecule has 52 heavy (non-hydrogen) atoms. The monoisotopic (exact) mass is 658 g/mol. The molecule has 1 aliphatic heterocycles. The van der Waals surface area contributed by atoms with Gasteiger partial charge in [-0.25, -0.2) is 0 Å². The summed E-state index contributed by atoms with van der Waals surface area (Å²) in [5.74, 6) is 1.82. The van der Waals surface area contributed by atoms with Crippen molar-refractivity contribution in [3.05, 3.63) is 204 Å². The van der Waals surface area contributed by atoms with Crippen LogP contribution in [0.2, 0.25) is 0 Å². The summed E-state index contributed by atoms with van der Waals surface area (Å²) in [4.78, 5) is 0. The predicted octanol–water partition coefficient (Wildman–Crippen LogP) is 13.4. The molecule has 1 nitrogen and oxygen atoms in total. The van der Waals surface area contributed by atoms with Gasteiger partial charge in [0, 0.05) is 10.9 Å². The van der Waals surface area contributed by atoms with Crippen molar-refractivity contribution in [1.82, 2.24) is 0 Å². The molecule has 1 heterocycles. The lowest BCUT2D eigenvalue weighted by Crippen LogP contribution is -2.25. The van der Waals surface area contributed by atoms with Gasteiger partial charge in [0.2, 0.25) is 0 Å². The normalized spacial score (nSPS) is 13.7. The first-order valence-electron chi connectivity index (χ1n) is 18.1. The largest absolute Gasteiger partial charge is 0.456 e. The van der Waals surface area contributed by atoms with E-state index in [2.05, 4.69) is 176 Å². The van der Waals surface area contributed by atoms with Crippen molar-refractivity contribution in [1.29, 1.82) is 0 Å². The van der Waals surface area contributed by atoms with Crippen LogP contribution in [0.3, 0.4) is 0 Å². The lowest BCUT2D eigenvalue weighted by molar-refractivity contribution is 0.487. The lowest BCUT2D eigenvalue weighted by Gasteiger charge is -2.30. The Kier molecular flexibility index (Phi) is 5.49. The van der Waals surface area contributed by atoms with Crippen LogP contribution < -0.4 is 4.74 Å². The molecule has 0 radical (unpaired) electrons. The predicted molar refractivity (Wildman–Crippen MR) is 214 cm³/mol. The first kappa shape index (κ1) is 28.0. The average Bonchev–Trinajstić information content (AvgIpc) is 3.68. The van der Waals surface area contributed by atoms with Crippen LogP contribution in [0.15, 0.2) is 182 Å². The summed E-state index contributed by atoms with van der Waals surface area (Å²) in [7, 11) is 0. The summed E-state index contributed by atoms with van der Waals surface area (Å²) in [5.41, 5.74) is 17.6. The Hall–Kier alpha value is -6.70. The standard InChI is InChI=1S/C51H30O/c1-2-12-31(13-3-1)33-17-10-19-40-35(33)25-28-46-49(40)42-30-32(24-27-45(42)51(46)43-21-7-4-14-36(43)37-15-5-8-22-44(37)51)34-26-29-48-50-39(34)18-11-20-41(50)38-16-6-9-23-47(38)52-48/h1-30H. The fraction of sp³-hybridized carbons (Fsp3) is 0.0196. The molecular formula is C51H30O. The summed E-state index contributed by atoms with van der Waals surface area (Å²) in [5, 5.41) is 4.95. The highest BCUT2D eigenvalue weighted by atomic mass is 16.5. The zero-order chi connectivity index (χ0) is 34.0. The minimum absolute atomic E-state index is 0.412. The van der Waals surface area contributed by atoms with E-state index in [0.717, 1.165) is 17.1 Å². The van der Waals surface area contributed by atoms with Gasteiger partial charge in [-0.15, -0.1) is 0 Å². The van der Waals surface area contributed by atoms with E-state index in [9.17, 15) is 0 Å². The molecule has 1 heteroatoms. The number of rotatable bonds is 2. The second-order valence-electron chi connectivity index (χ2n) is 14.3. The van der Waals surface area contributed by atoms with Crippen LogP contribution in [0.1, 0.15) is 22.3 Å². The maximum absolute atomic E-state index is 6.49. The number of fused-ring (bicyclic) bond motifs is 14. The highest BCUT2D eigenvalue weighted by Gasteiger charge is 2.52. The van der Waals surface area contributed by atoms with Gasteiger partial charge in [-0.3, -0.25) is 0 Å². The molecule has 0 atom stereocenters. The molecule has 0 N–H and O–H groups in total. The van der Waals surface area contributed by atoms with Gasteiger partial charge in [0.05, 0.1) is 5.41 Å². The maximum Gasteiger partial charge on any atom is 0.135 e. The van der Waals surface area contributed by atoms with E-state index < -0.39 is 5.41 Å². The fourth-order valence-corrected chi connectivity index (χ4v) is 9.87. The van der Waals surface area contributed by atoms with Gasteiger partial charge >= 0.3 is 0 Å². The van der Waals surface area contributed by atoms with Gasteiger partial charge in [0.25, 0.3) is 0 Å². The van der Waals surface area contributed by atoms with Crippen LogP contribution in [-0.2, 0) is 5.41 Å². The van der Waals surface area contributed by atoms with Crippen molar-refractivity contribution in [2.75, 3.05) is 0 Å². The molecule has 12 rings (SSSR count). The fourth-order valence-electron chi connectivity index (χ4n) is 9.87. The number of ether oxygens (including phenoxy) is 1. The summed E-state index contributed by atoms with van der Waals surface area (Å²) in [6.45, 7) is 0. The molecule has 0 aromatic heterocycles. The van der Waals surface area contributed by atoms with Gasteiger partial charge in [-0.05, 0) is 107 Å². The Morgan fingerprint density at radius 2 is 0.923 bits per heavy atom. The van der Waals surface area contributed by atoms with Gasteiger partial charge in [-0.1, -0.05) is 164 Å². The Bertz CT molecular complexity index is 2940. The molecule has 0 unspecified atom stereocenters. The van der Waals surface area contributed by atoms with Crippen molar-refractivity contribution >= 4 is 21.5 Å². The molecule has 3 aliphatic rings. The van der Waals surface area contributed by atoms with Gasteiger partial charge in [-0.2, -0.15) is 0 Å². The van der Waals surface area contributed by atoms with Crippen LogP contribution in [0.5, 0.6) is 11.5 Å². The molecule has 0 saturated heterocycles. The molecule has 0 amide bonds.